The number of para-hydroxylation sites is 1. The van der Waals surface area contributed by atoms with Crippen LogP contribution in [0.3, 0.4) is 0 Å². The Morgan fingerprint density at radius 1 is 0.815 bits per heavy atom. The summed E-state index contributed by atoms with van der Waals surface area (Å²) in [6.07, 6.45) is 3.25. The van der Waals surface area contributed by atoms with Gasteiger partial charge in [0.15, 0.2) is 0 Å². The van der Waals surface area contributed by atoms with Gasteiger partial charge in [0.1, 0.15) is 23.7 Å². The molecule has 1 fully saturated rings. The maximum absolute atomic E-state index is 12.4. The number of hydrogen-bond donors (Lipinski definition) is 1. The third kappa shape index (κ3) is 4.03. The number of anilines is 3. The van der Waals surface area contributed by atoms with Crippen LogP contribution < -0.4 is 15.1 Å². The zero-order chi connectivity index (χ0) is 18.5. The van der Waals surface area contributed by atoms with E-state index in [0.717, 1.165) is 43.5 Å². The van der Waals surface area contributed by atoms with Crippen LogP contribution in [0.25, 0.3) is 0 Å². The molecule has 0 bridgehead atoms. The van der Waals surface area contributed by atoms with Gasteiger partial charge in [0.2, 0.25) is 0 Å². The average molecular weight is 360 g/mol. The van der Waals surface area contributed by atoms with E-state index >= 15 is 0 Å². The lowest BCUT2D eigenvalue weighted by Gasteiger charge is -2.36. The number of carbonyl (C=O) groups excluding carboxylic acids is 1. The van der Waals surface area contributed by atoms with Gasteiger partial charge in [0, 0.05) is 44.1 Å². The third-order valence-corrected chi connectivity index (χ3v) is 4.49. The molecule has 2 aromatic heterocycles. The molecule has 136 valence electrons. The first kappa shape index (κ1) is 17.0. The Labute approximate surface area is 157 Å². The van der Waals surface area contributed by atoms with E-state index < -0.39 is 0 Å². The number of nitrogens with one attached hydrogen (secondary N) is 1. The Morgan fingerprint density at radius 3 is 2.22 bits per heavy atom. The molecule has 1 aliphatic heterocycles. The lowest BCUT2D eigenvalue weighted by molar-refractivity contribution is 0.102. The van der Waals surface area contributed by atoms with E-state index in [1.54, 1.807) is 6.07 Å². The van der Waals surface area contributed by atoms with Crippen molar-refractivity contribution in [2.24, 2.45) is 0 Å². The molecule has 1 N–H and O–H groups in total. The molecule has 0 saturated carbocycles. The standard InChI is InChI=1S/C20H20N6O/c27-20(24-16-6-2-1-3-7-16)17-14-19(23-15-22-17)26-12-10-25(11-13-26)18-8-4-5-9-21-18/h1-9,14-15H,10-13H2,(H,24,27). The predicted octanol–water partition coefficient (Wildman–Crippen LogP) is 2.45. The van der Waals surface area contributed by atoms with E-state index in [0.29, 0.717) is 5.69 Å². The number of rotatable bonds is 4. The second-order valence-electron chi connectivity index (χ2n) is 6.24. The molecule has 0 spiro atoms. The van der Waals surface area contributed by atoms with Crippen LogP contribution in [0.4, 0.5) is 17.3 Å². The number of carbonyl (C=O) groups is 1. The molecular formula is C20H20N6O. The van der Waals surface area contributed by atoms with Gasteiger partial charge in [0.25, 0.3) is 5.91 Å². The van der Waals surface area contributed by atoms with Crippen LogP contribution in [-0.2, 0) is 0 Å². The summed E-state index contributed by atoms with van der Waals surface area (Å²) in [6, 6.07) is 17.0. The first-order valence-electron chi connectivity index (χ1n) is 8.89. The van der Waals surface area contributed by atoms with Gasteiger partial charge < -0.3 is 15.1 Å². The topological polar surface area (TPSA) is 74.2 Å². The molecule has 7 heteroatoms. The highest BCUT2D eigenvalue weighted by atomic mass is 16.1. The minimum Gasteiger partial charge on any atom is -0.353 e. The van der Waals surface area contributed by atoms with Gasteiger partial charge in [-0.05, 0) is 24.3 Å². The molecule has 27 heavy (non-hydrogen) atoms. The van der Waals surface area contributed by atoms with Gasteiger partial charge in [-0.25, -0.2) is 15.0 Å². The van der Waals surface area contributed by atoms with E-state index in [9.17, 15) is 4.79 Å². The highest BCUT2D eigenvalue weighted by molar-refractivity contribution is 6.03. The fourth-order valence-corrected chi connectivity index (χ4v) is 3.07. The number of aromatic nitrogens is 3. The summed E-state index contributed by atoms with van der Waals surface area (Å²) in [7, 11) is 0. The summed E-state index contributed by atoms with van der Waals surface area (Å²) in [5.74, 6) is 1.52. The number of amides is 1. The fraction of sp³-hybridized carbons (Fsp3) is 0.200. The van der Waals surface area contributed by atoms with Crippen molar-refractivity contribution in [3.63, 3.8) is 0 Å². The Morgan fingerprint density at radius 2 is 1.52 bits per heavy atom. The molecular weight excluding hydrogens is 340 g/mol. The van der Waals surface area contributed by atoms with Crippen molar-refractivity contribution in [2.75, 3.05) is 41.3 Å². The summed E-state index contributed by atoms with van der Waals surface area (Å²) in [5.41, 5.74) is 1.10. The van der Waals surface area contributed by atoms with E-state index in [4.69, 9.17) is 0 Å². The van der Waals surface area contributed by atoms with E-state index in [-0.39, 0.29) is 5.91 Å². The number of nitrogens with zero attached hydrogens (tertiary/aromatic N) is 5. The summed E-state index contributed by atoms with van der Waals surface area (Å²) < 4.78 is 0. The normalized spacial score (nSPS) is 14.1. The molecule has 0 unspecified atom stereocenters. The van der Waals surface area contributed by atoms with Gasteiger partial charge in [-0.15, -0.1) is 0 Å². The highest BCUT2D eigenvalue weighted by Crippen LogP contribution is 2.18. The van der Waals surface area contributed by atoms with Crippen molar-refractivity contribution < 1.29 is 4.79 Å². The molecule has 0 radical (unpaired) electrons. The summed E-state index contributed by atoms with van der Waals surface area (Å²) in [6.45, 7) is 3.33. The molecule has 1 saturated heterocycles. The molecule has 0 aliphatic carbocycles. The summed E-state index contributed by atoms with van der Waals surface area (Å²) in [4.78, 5) is 29.7. The number of benzene rings is 1. The Bertz CT molecular complexity index is 895. The molecule has 4 rings (SSSR count). The maximum Gasteiger partial charge on any atom is 0.274 e. The molecule has 1 aromatic carbocycles. The second kappa shape index (κ2) is 7.82. The van der Waals surface area contributed by atoms with Gasteiger partial charge in [0.05, 0.1) is 0 Å². The number of pyridine rings is 1. The van der Waals surface area contributed by atoms with Crippen LogP contribution in [-0.4, -0.2) is 47.0 Å². The van der Waals surface area contributed by atoms with E-state index in [2.05, 4.69) is 30.1 Å². The number of hydrogen-bond acceptors (Lipinski definition) is 6. The first-order valence-corrected chi connectivity index (χ1v) is 8.89. The van der Waals surface area contributed by atoms with Crippen molar-refractivity contribution in [3.05, 3.63) is 72.8 Å². The fourth-order valence-electron chi connectivity index (χ4n) is 3.07. The molecule has 3 aromatic rings. The predicted molar refractivity (Wildman–Crippen MR) is 105 cm³/mol. The van der Waals surface area contributed by atoms with Crippen LogP contribution >= 0.6 is 0 Å². The zero-order valence-electron chi connectivity index (χ0n) is 14.8. The van der Waals surface area contributed by atoms with Gasteiger partial charge >= 0.3 is 0 Å². The molecule has 1 amide bonds. The number of piperazine rings is 1. The minimum atomic E-state index is -0.239. The van der Waals surface area contributed by atoms with E-state index in [1.807, 2.05) is 54.7 Å². The third-order valence-electron chi connectivity index (χ3n) is 4.49. The molecule has 3 heterocycles. The van der Waals surface area contributed by atoms with Gasteiger partial charge in [-0.1, -0.05) is 24.3 Å². The van der Waals surface area contributed by atoms with Crippen molar-refractivity contribution >= 4 is 23.2 Å². The Kier molecular flexibility index (Phi) is 4.91. The van der Waals surface area contributed by atoms with Gasteiger partial charge in [-0.2, -0.15) is 0 Å². The van der Waals surface area contributed by atoms with E-state index in [1.165, 1.54) is 6.33 Å². The molecule has 7 nitrogen and oxygen atoms in total. The van der Waals surface area contributed by atoms with Crippen molar-refractivity contribution in [1.29, 1.82) is 0 Å². The Hall–Kier alpha value is -3.48. The monoisotopic (exact) mass is 360 g/mol. The highest BCUT2D eigenvalue weighted by Gasteiger charge is 2.20. The summed E-state index contributed by atoms with van der Waals surface area (Å²) in [5, 5.41) is 2.85. The molecule has 1 aliphatic rings. The zero-order valence-corrected chi connectivity index (χ0v) is 14.8. The SMILES string of the molecule is O=C(Nc1ccccc1)c1cc(N2CCN(c3ccccn3)CC2)ncn1. The summed E-state index contributed by atoms with van der Waals surface area (Å²) >= 11 is 0. The van der Waals surface area contributed by atoms with Gasteiger partial charge in [-0.3, -0.25) is 4.79 Å². The lowest BCUT2D eigenvalue weighted by atomic mass is 10.2. The first-order chi connectivity index (χ1) is 13.3. The van der Waals surface area contributed by atoms with Crippen LogP contribution in [0.15, 0.2) is 67.1 Å². The second-order valence-corrected chi connectivity index (χ2v) is 6.24. The van der Waals surface area contributed by atoms with Crippen LogP contribution in [0.2, 0.25) is 0 Å². The largest absolute Gasteiger partial charge is 0.353 e. The van der Waals surface area contributed by atoms with Crippen molar-refractivity contribution in [3.8, 4) is 0 Å². The van der Waals surface area contributed by atoms with Crippen LogP contribution in [0.1, 0.15) is 10.5 Å². The van der Waals surface area contributed by atoms with Crippen molar-refractivity contribution in [1.82, 2.24) is 15.0 Å². The Balaban J connectivity index is 1.42. The van der Waals surface area contributed by atoms with Crippen molar-refractivity contribution in [2.45, 2.75) is 0 Å². The quantitative estimate of drug-likeness (QED) is 0.770. The average Bonchev–Trinajstić information content (AvgIpc) is 2.75. The molecule has 0 atom stereocenters. The smallest absolute Gasteiger partial charge is 0.274 e. The maximum atomic E-state index is 12.4. The van der Waals surface area contributed by atoms with Crippen LogP contribution in [0, 0.1) is 0 Å². The lowest BCUT2D eigenvalue weighted by Crippen LogP contribution is -2.47. The minimum absolute atomic E-state index is 0.239. The van der Waals surface area contributed by atoms with Crippen LogP contribution in [0.5, 0.6) is 0 Å².